The van der Waals surface area contributed by atoms with Crippen LogP contribution in [-0.2, 0) is 12.5 Å². The second-order valence-electron chi connectivity index (χ2n) is 7.32. The normalized spacial score (nSPS) is 12.0. The van der Waals surface area contributed by atoms with E-state index in [0.717, 1.165) is 22.3 Å². The van der Waals surface area contributed by atoms with Gasteiger partial charge in [0, 0.05) is 18.4 Å². The summed E-state index contributed by atoms with van der Waals surface area (Å²) in [4.78, 5) is 0. The van der Waals surface area contributed by atoms with Crippen LogP contribution in [0.4, 0.5) is 0 Å². The Hall–Kier alpha value is -2.33. The Morgan fingerprint density at radius 1 is 0.962 bits per heavy atom. The Bertz CT molecular complexity index is 872. The number of benzene rings is 2. The lowest BCUT2D eigenvalue weighted by atomic mass is 9.87. The second-order valence-corrected chi connectivity index (χ2v) is 8.30. The van der Waals surface area contributed by atoms with Crippen molar-refractivity contribution in [2.24, 2.45) is 7.05 Å². The fourth-order valence-electron chi connectivity index (χ4n) is 2.68. The summed E-state index contributed by atoms with van der Waals surface area (Å²) in [5.41, 5.74) is 3.79. The van der Waals surface area contributed by atoms with Crippen LogP contribution in [0.1, 0.15) is 31.9 Å². The van der Waals surface area contributed by atoms with Gasteiger partial charge in [-0.05, 0) is 16.5 Å². The molecule has 0 fully saturated rings. The summed E-state index contributed by atoms with van der Waals surface area (Å²) < 4.78 is 2.06. The predicted molar refractivity (Wildman–Crippen MR) is 111 cm³/mol. The molecule has 0 aliphatic carbocycles. The summed E-state index contributed by atoms with van der Waals surface area (Å²) in [5.74, 6) is 1.77. The molecule has 0 aliphatic rings. The molecule has 3 aromatic rings. The second kappa shape index (κ2) is 7.92. The Kier molecular flexibility index (Phi) is 5.62. The number of nitrogens with zero attached hydrogens (tertiary/aromatic N) is 3. The maximum atomic E-state index is 4.38. The van der Waals surface area contributed by atoms with Crippen molar-refractivity contribution in [2.45, 2.75) is 31.3 Å². The molecule has 0 unspecified atom stereocenters. The zero-order valence-electron chi connectivity index (χ0n) is 15.8. The van der Waals surface area contributed by atoms with Crippen LogP contribution in [0.25, 0.3) is 17.5 Å². The molecule has 3 rings (SSSR count). The molecule has 0 radical (unpaired) electrons. The highest BCUT2D eigenvalue weighted by Crippen LogP contribution is 2.27. The van der Waals surface area contributed by atoms with E-state index in [0.29, 0.717) is 0 Å². The average Bonchev–Trinajstić information content (AvgIpc) is 3.00. The van der Waals surface area contributed by atoms with E-state index in [1.807, 2.05) is 25.2 Å². The van der Waals surface area contributed by atoms with Crippen LogP contribution in [-0.4, -0.2) is 20.5 Å². The van der Waals surface area contributed by atoms with E-state index in [-0.39, 0.29) is 5.41 Å². The van der Waals surface area contributed by atoms with Crippen LogP contribution >= 0.6 is 11.8 Å². The standard InChI is InChI=1S/C22H25N3S/c1-22(2,3)19-14-12-18(13-15-19)20-23-24-21(25(20)4)26-16-8-11-17-9-6-5-7-10-17/h5-15H,16H2,1-4H3. The molecule has 3 nitrogen and oxygen atoms in total. The van der Waals surface area contributed by atoms with Crippen molar-refractivity contribution in [3.8, 4) is 11.4 Å². The summed E-state index contributed by atoms with van der Waals surface area (Å²) in [5, 5.41) is 9.66. The molecule has 1 aromatic heterocycles. The maximum absolute atomic E-state index is 4.38. The van der Waals surface area contributed by atoms with Crippen LogP contribution in [0.5, 0.6) is 0 Å². The van der Waals surface area contributed by atoms with Gasteiger partial charge in [0.15, 0.2) is 11.0 Å². The van der Waals surface area contributed by atoms with E-state index in [9.17, 15) is 0 Å². The number of hydrogen-bond acceptors (Lipinski definition) is 3. The van der Waals surface area contributed by atoms with Gasteiger partial charge in [-0.25, -0.2) is 0 Å². The molecule has 0 saturated carbocycles. The van der Waals surface area contributed by atoms with Gasteiger partial charge >= 0.3 is 0 Å². The Morgan fingerprint density at radius 2 is 1.65 bits per heavy atom. The van der Waals surface area contributed by atoms with Gasteiger partial charge in [-0.3, -0.25) is 0 Å². The lowest BCUT2D eigenvalue weighted by Crippen LogP contribution is -2.10. The van der Waals surface area contributed by atoms with Crippen LogP contribution < -0.4 is 0 Å². The van der Waals surface area contributed by atoms with Gasteiger partial charge in [0.1, 0.15) is 0 Å². The lowest BCUT2D eigenvalue weighted by molar-refractivity contribution is 0.590. The largest absolute Gasteiger partial charge is 0.305 e. The molecular weight excluding hydrogens is 338 g/mol. The molecule has 0 bridgehead atoms. The molecule has 0 aliphatic heterocycles. The molecule has 134 valence electrons. The first-order valence-corrected chi connectivity index (χ1v) is 9.78. The molecule has 4 heteroatoms. The minimum Gasteiger partial charge on any atom is -0.305 e. The lowest BCUT2D eigenvalue weighted by Gasteiger charge is -2.19. The van der Waals surface area contributed by atoms with Crippen molar-refractivity contribution < 1.29 is 0 Å². The molecule has 0 N–H and O–H groups in total. The topological polar surface area (TPSA) is 30.7 Å². The van der Waals surface area contributed by atoms with Crippen LogP contribution in [0.15, 0.2) is 65.8 Å². The average molecular weight is 364 g/mol. The number of thioether (sulfide) groups is 1. The SMILES string of the molecule is Cn1c(SCC=Cc2ccccc2)nnc1-c1ccc(C(C)(C)C)cc1. The summed E-state index contributed by atoms with van der Waals surface area (Å²) >= 11 is 1.69. The van der Waals surface area contributed by atoms with E-state index in [1.54, 1.807) is 11.8 Å². The molecule has 0 amide bonds. The van der Waals surface area contributed by atoms with E-state index >= 15 is 0 Å². The highest BCUT2D eigenvalue weighted by molar-refractivity contribution is 7.99. The zero-order valence-corrected chi connectivity index (χ0v) is 16.6. The van der Waals surface area contributed by atoms with Crippen molar-refractivity contribution >= 4 is 17.8 Å². The van der Waals surface area contributed by atoms with Crippen molar-refractivity contribution in [1.82, 2.24) is 14.8 Å². The van der Waals surface area contributed by atoms with Crippen molar-refractivity contribution in [2.75, 3.05) is 5.75 Å². The fourth-order valence-corrected chi connectivity index (χ4v) is 3.40. The van der Waals surface area contributed by atoms with Gasteiger partial charge in [0.25, 0.3) is 0 Å². The Balaban J connectivity index is 1.67. The molecule has 1 heterocycles. The molecule has 0 saturated heterocycles. The highest BCUT2D eigenvalue weighted by Gasteiger charge is 2.15. The predicted octanol–water partition coefficient (Wildman–Crippen LogP) is 5.59. The summed E-state index contributed by atoms with van der Waals surface area (Å²) in [7, 11) is 2.02. The molecule has 0 atom stereocenters. The van der Waals surface area contributed by atoms with Gasteiger partial charge < -0.3 is 4.57 Å². The summed E-state index contributed by atoms with van der Waals surface area (Å²) in [6, 6.07) is 19.0. The molecule has 0 spiro atoms. The third kappa shape index (κ3) is 4.44. The van der Waals surface area contributed by atoms with Crippen LogP contribution in [0, 0.1) is 0 Å². The molecule has 2 aromatic carbocycles. The first-order chi connectivity index (χ1) is 12.4. The van der Waals surface area contributed by atoms with Crippen LogP contribution in [0.3, 0.4) is 0 Å². The van der Waals surface area contributed by atoms with E-state index in [1.165, 1.54) is 11.1 Å². The number of hydrogen-bond donors (Lipinski definition) is 0. The van der Waals surface area contributed by atoms with Gasteiger partial charge in [0.05, 0.1) is 0 Å². The number of rotatable bonds is 5. The quantitative estimate of drug-likeness (QED) is 0.554. The Labute approximate surface area is 160 Å². The third-order valence-electron chi connectivity index (χ3n) is 4.26. The third-order valence-corrected chi connectivity index (χ3v) is 5.24. The van der Waals surface area contributed by atoms with E-state index < -0.39 is 0 Å². The first kappa shape index (κ1) is 18.5. The monoisotopic (exact) mass is 363 g/mol. The fraction of sp³-hybridized carbons (Fsp3) is 0.273. The molecule has 26 heavy (non-hydrogen) atoms. The molecular formula is C22H25N3S. The van der Waals surface area contributed by atoms with Gasteiger partial charge in [-0.1, -0.05) is 99.3 Å². The van der Waals surface area contributed by atoms with E-state index in [4.69, 9.17) is 0 Å². The van der Waals surface area contributed by atoms with Crippen molar-refractivity contribution in [3.63, 3.8) is 0 Å². The first-order valence-electron chi connectivity index (χ1n) is 8.80. The minimum atomic E-state index is 0.157. The van der Waals surface area contributed by atoms with Gasteiger partial charge in [-0.15, -0.1) is 10.2 Å². The Morgan fingerprint density at radius 3 is 2.31 bits per heavy atom. The van der Waals surface area contributed by atoms with Gasteiger partial charge in [0.2, 0.25) is 0 Å². The highest BCUT2D eigenvalue weighted by atomic mass is 32.2. The van der Waals surface area contributed by atoms with E-state index in [2.05, 4.69) is 84.1 Å². The maximum Gasteiger partial charge on any atom is 0.191 e. The van der Waals surface area contributed by atoms with Gasteiger partial charge in [-0.2, -0.15) is 0 Å². The van der Waals surface area contributed by atoms with Crippen molar-refractivity contribution in [3.05, 3.63) is 71.8 Å². The zero-order chi connectivity index (χ0) is 18.6. The minimum absolute atomic E-state index is 0.157. The summed E-state index contributed by atoms with van der Waals surface area (Å²) in [6.07, 6.45) is 4.29. The van der Waals surface area contributed by atoms with Crippen molar-refractivity contribution in [1.29, 1.82) is 0 Å². The number of aromatic nitrogens is 3. The smallest absolute Gasteiger partial charge is 0.191 e. The summed E-state index contributed by atoms with van der Waals surface area (Å²) in [6.45, 7) is 6.67. The van der Waals surface area contributed by atoms with Crippen LogP contribution in [0.2, 0.25) is 0 Å².